The zero-order valence-corrected chi connectivity index (χ0v) is 18.9. The van der Waals surface area contributed by atoms with Gasteiger partial charge in [0.05, 0.1) is 33.9 Å². The average Bonchev–Trinajstić information content (AvgIpc) is 3.49. The van der Waals surface area contributed by atoms with Crippen LogP contribution in [0.4, 0.5) is 10.9 Å². The summed E-state index contributed by atoms with van der Waals surface area (Å²) in [4.78, 5) is 30.1. The van der Waals surface area contributed by atoms with E-state index < -0.39 is 15.4 Å². The number of hydrogen-bond donors (Lipinski definition) is 2. The lowest BCUT2D eigenvalue weighted by atomic mass is 9.89. The van der Waals surface area contributed by atoms with Gasteiger partial charge >= 0.3 is 0 Å². The SMILES string of the molecule is Cc1cncc(-c2ccc(NC(=O)C(C)(C)c3csc(NS(=O)(=O)C4CC4)n3)nc2)n1. The van der Waals surface area contributed by atoms with E-state index in [-0.39, 0.29) is 16.3 Å². The molecule has 0 bridgehead atoms. The normalized spacial score (nSPS) is 14.3. The Morgan fingerprint density at radius 3 is 2.58 bits per heavy atom. The maximum absolute atomic E-state index is 12.9. The van der Waals surface area contributed by atoms with Crippen molar-refractivity contribution in [3.63, 3.8) is 0 Å². The number of amides is 1. The molecule has 1 saturated carbocycles. The molecule has 0 spiro atoms. The summed E-state index contributed by atoms with van der Waals surface area (Å²) in [6, 6.07) is 3.51. The Kier molecular flexibility index (Phi) is 5.48. The van der Waals surface area contributed by atoms with E-state index in [0.29, 0.717) is 30.0 Å². The van der Waals surface area contributed by atoms with Crippen molar-refractivity contribution in [3.8, 4) is 11.3 Å². The molecule has 1 amide bonds. The van der Waals surface area contributed by atoms with Crippen molar-refractivity contribution in [1.29, 1.82) is 0 Å². The predicted octanol–water partition coefficient (Wildman–Crippen LogP) is 3.12. The number of thiazole rings is 1. The van der Waals surface area contributed by atoms with Gasteiger partial charge in [-0.3, -0.25) is 14.5 Å². The molecule has 9 nitrogen and oxygen atoms in total. The Morgan fingerprint density at radius 1 is 1.16 bits per heavy atom. The standard InChI is InChI=1S/C20H22N6O3S2/c1-12-8-21-10-15(23-12)13-4-7-17(22-9-13)25-18(27)20(2,3)16-11-30-19(24-16)26-31(28,29)14-5-6-14/h4,7-11,14H,5-6H2,1-3H3,(H,24,26)(H,22,25,27). The average molecular weight is 459 g/mol. The molecule has 162 valence electrons. The van der Waals surface area contributed by atoms with Gasteiger partial charge in [-0.2, -0.15) is 0 Å². The number of carbonyl (C=O) groups is 1. The molecule has 3 aromatic rings. The Morgan fingerprint density at radius 2 is 1.94 bits per heavy atom. The number of aryl methyl sites for hydroxylation is 1. The number of sulfonamides is 1. The fourth-order valence-corrected chi connectivity index (χ4v) is 5.28. The topological polar surface area (TPSA) is 127 Å². The second-order valence-electron chi connectivity index (χ2n) is 7.94. The van der Waals surface area contributed by atoms with Gasteiger partial charge in [0.15, 0.2) is 5.13 Å². The number of hydrogen-bond acceptors (Lipinski definition) is 8. The molecular formula is C20H22N6O3S2. The van der Waals surface area contributed by atoms with Crippen LogP contribution in [0.25, 0.3) is 11.3 Å². The summed E-state index contributed by atoms with van der Waals surface area (Å²) in [5, 5.41) is 4.42. The van der Waals surface area contributed by atoms with Crippen LogP contribution in [-0.4, -0.2) is 39.5 Å². The highest BCUT2D eigenvalue weighted by molar-refractivity contribution is 7.93. The van der Waals surface area contributed by atoms with Crippen LogP contribution < -0.4 is 10.0 Å². The van der Waals surface area contributed by atoms with E-state index in [0.717, 1.165) is 22.6 Å². The fourth-order valence-electron chi connectivity index (χ4n) is 2.80. The molecule has 0 atom stereocenters. The van der Waals surface area contributed by atoms with Gasteiger partial charge in [0.25, 0.3) is 0 Å². The van der Waals surface area contributed by atoms with Gasteiger partial charge in [-0.15, -0.1) is 11.3 Å². The Bertz CT molecular complexity index is 1220. The van der Waals surface area contributed by atoms with Gasteiger partial charge < -0.3 is 5.32 Å². The minimum Gasteiger partial charge on any atom is -0.310 e. The van der Waals surface area contributed by atoms with E-state index in [4.69, 9.17) is 0 Å². The van der Waals surface area contributed by atoms with Crippen molar-refractivity contribution < 1.29 is 13.2 Å². The van der Waals surface area contributed by atoms with Crippen LogP contribution in [0.1, 0.15) is 38.1 Å². The first-order chi connectivity index (χ1) is 14.6. The smallest absolute Gasteiger partial charge is 0.237 e. The van der Waals surface area contributed by atoms with Crippen LogP contribution in [0.3, 0.4) is 0 Å². The lowest BCUT2D eigenvalue weighted by Crippen LogP contribution is -2.35. The molecule has 3 heterocycles. The molecule has 2 N–H and O–H groups in total. The van der Waals surface area contributed by atoms with Gasteiger partial charge in [0, 0.05) is 23.3 Å². The highest BCUT2D eigenvalue weighted by Gasteiger charge is 2.37. The number of rotatable bonds is 7. The summed E-state index contributed by atoms with van der Waals surface area (Å²) in [6.45, 7) is 5.32. The van der Waals surface area contributed by atoms with Gasteiger partial charge in [-0.1, -0.05) is 0 Å². The molecule has 1 fully saturated rings. The fraction of sp³-hybridized carbons (Fsp3) is 0.350. The molecule has 31 heavy (non-hydrogen) atoms. The molecule has 1 aliphatic carbocycles. The number of aromatic nitrogens is 4. The second-order valence-corrected chi connectivity index (χ2v) is 10.8. The van der Waals surface area contributed by atoms with E-state index in [1.807, 2.05) is 13.0 Å². The Balaban J connectivity index is 1.45. The van der Waals surface area contributed by atoms with Gasteiger partial charge in [0.1, 0.15) is 5.82 Å². The van der Waals surface area contributed by atoms with E-state index >= 15 is 0 Å². The van der Waals surface area contributed by atoms with E-state index in [1.165, 1.54) is 0 Å². The summed E-state index contributed by atoms with van der Waals surface area (Å²) in [5.74, 6) is 0.0947. The Labute approximate surface area is 184 Å². The van der Waals surface area contributed by atoms with Gasteiger partial charge in [-0.25, -0.2) is 23.4 Å². The highest BCUT2D eigenvalue weighted by Crippen LogP contribution is 2.33. The third-order valence-corrected chi connectivity index (χ3v) is 7.67. The summed E-state index contributed by atoms with van der Waals surface area (Å²) in [5.41, 5.74) is 1.80. The zero-order valence-electron chi connectivity index (χ0n) is 17.3. The lowest BCUT2D eigenvalue weighted by Gasteiger charge is -2.21. The molecule has 1 aliphatic rings. The number of nitrogens with zero attached hydrogens (tertiary/aromatic N) is 4. The molecule has 0 saturated heterocycles. The molecular weight excluding hydrogens is 436 g/mol. The largest absolute Gasteiger partial charge is 0.310 e. The van der Waals surface area contributed by atoms with Crippen LogP contribution in [0, 0.1) is 6.92 Å². The number of carbonyl (C=O) groups excluding carboxylic acids is 1. The molecule has 3 aromatic heterocycles. The van der Waals surface area contributed by atoms with E-state index in [9.17, 15) is 13.2 Å². The molecule has 0 unspecified atom stereocenters. The van der Waals surface area contributed by atoms with E-state index in [1.54, 1.807) is 43.9 Å². The van der Waals surface area contributed by atoms with Crippen LogP contribution in [0.5, 0.6) is 0 Å². The van der Waals surface area contributed by atoms with Gasteiger partial charge in [0.2, 0.25) is 15.9 Å². The second kappa shape index (κ2) is 7.97. The maximum atomic E-state index is 12.9. The van der Waals surface area contributed by atoms with Crippen LogP contribution in [0.2, 0.25) is 0 Å². The van der Waals surface area contributed by atoms with Crippen LogP contribution in [-0.2, 0) is 20.2 Å². The quantitative estimate of drug-likeness (QED) is 0.557. The zero-order chi connectivity index (χ0) is 22.2. The first-order valence-electron chi connectivity index (χ1n) is 9.69. The number of anilines is 2. The Hall–Kier alpha value is -2.92. The molecule has 0 radical (unpaired) electrons. The number of pyridine rings is 1. The van der Waals surface area contributed by atoms with Crippen molar-refractivity contribution in [2.24, 2.45) is 0 Å². The molecule has 4 rings (SSSR count). The summed E-state index contributed by atoms with van der Waals surface area (Å²) in [6.07, 6.45) is 6.30. The first-order valence-corrected chi connectivity index (χ1v) is 12.1. The summed E-state index contributed by atoms with van der Waals surface area (Å²) in [7, 11) is -3.39. The monoisotopic (exact) mass is 458 g/mol. The molecule has 0 aliphatic heterocycles. The minimum atomic E-state index is -3.39. The van der Waals surface area contributed by atoms with Crippen LogP contribution in [0.15, 0.2) is 36.1 Å². The summed E-state index contributed by atoms with van der Waals surface area (Å²) >= 11 is 1.16. The lowest BCUT2D eigenvalue weighted by molar-refractivity contribution is -0.120. The first kappa shape index (κ1) is 21.3. The summed E-state index contributed by atoms with van der Waals surface area (Å²) < 4.78 is 26.7. The van der Waals surface area contributed by atoms with Crippen molar-refractivity contribution in [1.82, 2.24) is 19.9 Å². The van der Waals surface area contributed by atoms with Crippen molar-refractivity contribution >= 4 is 38.2 Å². The maximum Gasteiger partial charge on any atom is 0.237 e. The third-order valence-electron chi connectivity index (χ3n) is 4.96. The molecule has 0 aromatic carbocycles. The van der Waals surface area contributed by atoms with Crippen LogP contribution >= 0.6 is 11.3 Å². The number of nitrogens with one attached hydrogen (secondary N) is 2. The van der Waals surface area contributed by atoms with Gasteiger partial charge in [-0.05, 0) is 45.7 Å². The van der Waals surface area contributed by atoms with Crippen molar-refractivity contribution in [2.45, 2.75) is 44.3 Å². The van der Waals surface area contributed by atoms with E-state index in [2.05, 4.69) is 30.0 Å². The minimum absolute atomic E-state index is 0.268. The molecule has 11 heteroatoms. The van der Waals surface area contributed by atoms with Crippen molar-refractivity contribution in [2.75, 3.05) is 10.0 Å². The third kappa shape index (κ3) is 4.72. The van der Waals surface area contributed by atoms with Crippen molar-refractivity contribution in [3.05, 3.63) is 47.5 Å². The predicted molar refractivity (Wildman–Crippen MR) is 119 cm³/mol. The highest BCUT2D eigenvalue weighted by atomic mass is 32.2.